The van der Waals surface area contributed by atoms with Gasteiger partial charge in [-0.05, 0) is 48.7 Å². The maximum atomic E-state index is 12.7. The summed E-state index contributed by atoms with van der Waals surface area (Å²) in [5.41, 5.74) is 3.19. The van der Waals surface area contributed by atoms with E-state index in [2.05, 4.69) is 33.2 Å². The fourth-order valence-electron chi connectivity index (χ4n) is 3.68. The summed E-state index contributed by atoms with van der Waals surface area (Å²) in [6, 6.07) is 15.3. The lowest BCUT2D eigenvalue weighted by molar-refractivity contribution is -0.136. The van der Waals surface area contributed by atoms with E-state index >= 15 is 0 Å². The van der Waals surface area contributed by atoms with E-state index < -0.39 is 12.0 Å². The molecule has 1 atom stereocenters. The number of hydrogen-bond acceptors (Lipinski definition) is 7. The summed E-state index contributed by atoms with van der Waals surface area (Å²) >= 11 is 5.06. The zero-order valence-corrected chi connectivity index (χ0v) is 21.8. The van der Waals surface area contributed by atoms with Gasteiger partial charge in [0, 0.05) is 15.9 Å². The number of benzene rings is 2. The Morgan fingerprint density at radius 1 is 1.18 bits per heavy atom. The molecule has 1 N–H and O–H groups in total. The van der Waals surface area contributed by atoms with Crippen LogP contribution in [0.2, 0.25) is 0 Å². The van der Waals surface area contributed by atoms with E-state index in [1.165, 1.54) is 7.11 Å². The van der Waals surface area contributed by atoms with Crippen LogP contribution in [-0.4, -0.2) is 33.6 Å². The first-order valence-corrected chi connectivity index (χ1v) is 12.9. The lowest BCUT2D eigenvalue weighted by Gasteiger charge is -2.27. The fraction of sp³-hybridized carbons (Fsp3) is 0.320. The van der Waals surface area contributed by atoms with E-state index in [0.717, 1.165) is 39.9 Å². The van der Waals surface area contributed by atoms with Gasteiger partial charge in [-0.15, -0.1) is 5.10 Å². The summed E-state index contributed by atoms with van der Waals surface area (Å²) in [7, 11) is 1.39. The lowest BCUT2D eigenvalue weighted by atomic mass is 9.96. The minimum atomic E-state index is -0.447. The van der Waals surface area contributed by atoms with Crippen molar-refractivity contribution in [2.24, 2.45) is 0 Å². The molecule has 4 rings (SSSR count). The molecule has 1 unspecified atom stereocenters. The Bertz CT molecular complexity index is 1180. The van der Waals surface area contributed by atoms with E-state index in [9.17, 15) is 4.79 Å². The normalized spacial score (nSPS) is 15.0. The van der Waals surface area contributed by atoms with Crippen LogP contribution in [0.1, 0.15) is 43.9 Å². The molecule has 0 radical (unpaired) electrons. The first-order valence-electron chi connectivity index (χ1n) is 11.1. The highest BCUT2D eigenvalue weighted by atomic mass is 79.9. The molecule has 178 valence electrons. The van der Waals surface area contributed by atoms with Crippen molar-refractivity contribution in [1.82, 2.24) is 14.8 Å². The Kier molecular flexibility index (Phi) is 7.95. The van der Waals surface area contributed by atoms with Crippen LogP contribution in [0, 0.1) is 0 Å². The molecule has 0 saturated carbocycles. The summed E-state index contributed by atoms with van der Waals surface area (Å²) in [6.45, 7) is 4.49. The number of thioether (sulfide) groups is 1. The molecule has 3 aromatic rings. The second-order valence-corrected chi connectivity index (χ2v) is 9.88. The molecule has 0 bridgehead atoms. The number of aromatic nitrogens is 3. The number of ether oxygens (including phenoxy) is 2. The van der Waals surface area contributed by atoms with Gasteiger partial charge in [-0.1, -0.05) is 65.3 Å². The third-order valence-electron chi connectivity index (χ3n) is 5.48. The molecular weight excluding hydrogens is 516 g/mol. The first-order chi connectivity index (χ1) is 16.5. The third-order valence-corrected chi connectivity index (χ3v) is 6.93. The standard InChI is InChI=1S/C25H27BrN4O3S/c1-4-5-14-34-25-28-24-27-16(2)21(23(31)32-3)22(30(24)29-25)18-8-12-20(13-9-18)33-15-17-6-10-19(26)11-7-17/h6-13,22H,4-5,14-15H2,1-3H3,(H,27,28,29). The third kappa shape index (κ3) is 5.47. The number of esters is 1. The van der Waals surface area contributed by atoms with Crippen molar-refractivity contribution in [2.45, 2.75) is 44.5 Å². The van der Waals surface area contributed by atoms with Crippen LogP contribution in [0.4, 0.5) is 5.95 Å². The highest BCUT2D eigenvalue weighted by Crippen LogP contribution is 2.37. The van der Waals surface area contributed by atoms with E-state index in [-0.39, 0.29) is 0 Å². The number of carbonyl (C=O) groups is 1. The number of unbranched alkanes of at least 4 members (excludes halogenated alkanes) is 1. The van der Waals surface area contributed by atoms with Crippen molar-refractivity contribution in [1.29, 1.82) is 0 Å². The van der Waals surface area contributed by atoms with Gasteiger partial charge in [0.1, 0.15) is 18.4 Å². The smallest absolute Gasteiger partial charge is 0.338 e. The molecule has 34 heavy (non-hydrogen) atoms. The zero-order valence-electron chi connectivity index (χ0n) is 19.4. The largest absolute Gasteiger partial charge is 0.489 e. The summed E-state index contributed by atoms with van der Waals surface area (Å²) in [4.78, 5) is 17.4. The highest BCUT2D eigenvalue weighted by molar-refractivity contribution is 9.10. The molecule has 1 aliphatic rings. The number of nitrogens with one attached hydrogen (secondary N) is 1. The summed E-state index contributed by atoms with van der Waals surface area (Å²) < 4.78 is 13.9. The van der Waals surface area contributed by atoms with Gasteiger partial charge in [0.05, 0.1) is 12.7 Å². The van der Waals surface area contributed by atoms with E-state index in [4.69, 9.17) is 14.6 Å². The number of nitrogens with zero attached hydrogens (tertiary/aromatic N) is 3. The van der Waals surface area contributed by atoms with Crippen molar-refractivity contribution in [3.05, 3.63) is 75.4 Å². The minimum absolute atomic E-state index is 0.396. The summed E-state index contributed by atoms with van der Waals surface area (Å²) in [5.74, 6) is 1.91. The molecule has 0 amide bonds. The molecule has 7 nitrogen and oxygen atoms in total. The van der Waals surface area contributed by atoms with Crippen LogP contribution in [-0.2, 0) is 16.1 Å². The van der Waals surface area contributed by atoms with Crippen LogP contribution in [0.25, 0.3) is 0 Å². The molecular formula is C25H27BrN4O3S. The monoisotopic (exact) mass is 542 g/mol. The number of allylic oxidation sites excluding steroid dienone is 1. The van der Waals surface area contributed by atoms with Crippen LogP contribution in [0.15, 0.2) is 69.4 Å². The summed E-state index contributed by atoms with van der Waals surface area (Å²) in [6.07, 6.45) is 2.21. The van der Waals surface area contributed by atoms with Crippen molar-refractivity contribution in [2.75, 3.05) is 18.2 Å². The summed E-state index contributed by atoms with van der Waals surface area (Å²) in [5, 5.41) is 8.62. The molecule has 0 fully saturated rings. The minimum Gasteiger partial charge on any atom is -0.489 e. The molecule has 2 aromatic carbocycles. The van der Waals surface area contributed by atoms with Gasteiger partial charge in [-0.3, -0.25) is 0 Å². The molecule has 9 heteroatoms. The van der Waals surface area contributed by atoms with Gasteiger partial charge in [0.15, 0.2) is 0 Å². The first kappa shape index (κ1) is 24.3. The van der Waals surface area contributed by atoms with E-state index in [1.807, 2.05) is 55.5 Å². The zero-order chi connectivity index (χ0) is 24.1. The number of halogens is 1. The average molecular weight is 543 g/mol. The van der Waals surface area contributed by atoms with Crippen LogP contribution >= 0.6 is 27.7 Å². The van der Waals surface area contributed by atoms with Gasteiger partial charge >= 0.3 is 5.97 Å². The van der Waals surface area contributed by atoms with Gasteiger partial charge < -0.3 is 14.8 Å². The number of methoxy groups -OCH3 is 1. The topological polar surface area (TPSA) is 78.3 Å². The lowest BCUT2D eigenvalue weighted by Crippen LogP contribution is -2.29. The number of hydrogen-bond donors (Lipinski definition) is 1. The average Bonchev–Trinajstić information content (AvgIpc) is 3.25. The fourth-order valence-corrected chi connectivity index (χ4v) is 4.85. The Morgan fingerprint density at radius 3 is 2.59 bits per heavy atom. The SMILES string of the molecule is CCCCSc1nc2n(n1)C(c1ccc(OCc3ccc(Br)cc3)cc1)C(C(=O)OC)=C(C)N2. The predicted molar refractivity (Wildman–Crippen MR) is 137 cm³/mol. The number of anilines is 1. The molecule has 0 spiro atoms. The quantitative estimate of drug-likeness (QED) is 0.202. The number of carbonyl (C=O) groups excluding carboxylic acids is 1. The highest BCUT2D eigenvalue weighted by Gasteiger charge is 2.35. The second-order valence-electron chi connectivity index (χ2n) is 7.91. The van der Waals surface area contributed by atoms with E-state index in [0.29, 0.717) is 29.0 Å². The van der Waals surface area contributed by atoms with Gasteiger partial charge in [-0.25, -0.2) is 9.48 Å². The molecule has 1 aromatic heterocycles. The van der Waals surface area contributed by atoms with Crippen LogP contribution in [0.5, 0.6) is 5.75 Å². The van der Waals surface area contributed by atoms with Crippen LogP contribution < -0.4 is 10.1 Å². The van der Waals surface area contributed by atoms with Gasteiger partial charge in [0.25, 0.3) is 0 Å². The Morgan fingerprint density at radius 2 is 1.91 bits per heavy atom. The van der Waals surface area contributed by atoms with Crippen molar-refractivity contribution >= 4 is 39.6 Å². The maximum absolute atomic E-state index is 12.7. The van der Waals surface area contributed by atoms with Crippen molar-refractivity contribution < 1.29 is 14.3 Å². The predicted octanol–water partition coefficient (Wildman–Crippen LogP) is 5.97. The Hall–Kier alpha value is -2.78. The number of rotatable bonds is 9. The van der Waals surface area contributed by atoms with Crippen molar-refractivity contribution in [3.8, 4) is 5.75 Å². The van der Waals surface area contributed by atoms with Crippen LogP contribution in [0.3, 0.4) is 0 Å². The van der Waals surface area contributed by atoms with Gasteiger partial charge in [-0.2, -0.15) is 4.98 Å². The molecule has 1 aliphatic heterocycles. The molecule has 0 saturated heterocycles. The number of fused-ring (bicyclic) bond motifs is 1. The second kappa shape index (κ2) is 11.1. The maximum Gasteiger partial charge on any atom is 0.338 e. The van der Waals surface area contributed by atoms with E-state index in [1.54, 1.807) is 16.4 Å². The molecule has 2 heterocycles. The molecule has 0 aliphatic carbocycles. The van der Waals surface area contributed by atoms with Gasteiger partial charge in [0.2, 0.25) is 11.1 Å². The Balaban J connectivity index is 1.59. The van der Waals surface area contributed by atoms with Crippen molar-refractivity contribution in [3.63, 3.8) is 0 Å². The Labute approximate surface area is 212 Å².